The van der Waals surface area contributed by atoms with E-state index in [0.29, 0.717) is 0 Å². The Bertz CT molecular complexity index is 1000. The number of aliphatic hydroxyl groups is 3. The number of hydrogen-bond acceptors (Lipinski definition) is 4. The summed E-state index contributed by atoms with van der Waals surface area (Å²) in [4.78, 5) is 1.20. The Kier molecular flexibility index (Phi) is 8.73. The van der Waals surface area contributed by atoms with E-state index < -0.39 is 0 Å². The van der Waals surface area contributed by atoms with Gasteiger partial charge in [0, 0.05) is 10.6 Å². The highest BCUT2D eigenvalue weighted by Gasteiger charge is 2.08. The molecule has 0 amide bonds. The summed E-state index contributed by atoms with van der Waals surface area (Å²) in [6.45, 7) is 4.05. The lowest BCUT2D eigenvalue weighted by atomic mass is 9.96. The summed E-state index contributed by atoms with van der Waals surface area (Å²) in [6, 6.07) is 21.1. The monoisotopic (exact) mass is 436 g/mol. The fourth-order valence-electron chi connectivity index (χ4n) is 3.73. The molecule has 1 atom stereocenters. The van der Waals surface area contributed by atoms with E-state index in [2.05, 4.69) is 49.4 Å². The number of benzene rings is 3. The lowest BCUT2D eigenvalue weighted by Gasteiger charge is -2.12. The van der Waals surface area contributed by atoms with Crippen molar-refractivity contribution >= 4 is 11.8 Å². The van der Waals surface area contributed by atoms with E-state index in [1.54, 1.807) is 11.8 Å². The minimum Gasteiger partial charge on any atom is -0.393 e. The van der Waals surface area contributed by atoms with Crippen molar-refractivity contribution in [3.63, 3.8) is 0 Å². The molecule has 164 valence electrons. The molecule has 3 N–H and O–H groups in total. The van der Waals surface area contributed by atoms with Crippen molar-refractivity contribution < 1.29 is 15.3 Å². The first-order valence-electron chi connectivity index (χ1n) is 10.9. The second-order valence-electron chi connectivity index (χ2n) is 7.99. The van der Waals surface area contributed by atoms with Gasteiger partial charge in [0.1, 0.15) is 0 Å². The van der Waals surface area contributed by atoms with Gasteiger partial charge in [-0.25, -0.2) is 0 Å². The van der Waals surface area contributed by atoms with Crippen LogP contribution in [0.15, 0.2) is 65.6 Å². The number of aryl methyl sites for hydroxylation is 2. The second kappa shape index (κ2) is 11.5. The van der Waals surface area contributed by atoms with E-state index in [0.717, 1.165) is 41.7 Å². The van der Waals surface area contributed by atoms with Gasteiger partial charge >= 0.3 is 0 Å². The van der Waals surface area contributed by atoms with Gasteiger partial charge in [-0.2, -0.15) is 0 Å². The molecule has 3 aromatic carbocycles. The molecule has 0 saturated carbocycles. The zero-order chi connectivity index (χ0) is 22.2. The topological polar surface area (TPSA) is 60.7 Å². The van der Waals surface area contributed by atoms with Crippen LogP contribution in [0.5, 0.6) is 0 Å². The smallest absolute Gasteiger partial charge is 0.0685 e. The van der Waals surface area contributed by atoms with Gasteiger partial charge in [0.05, 0.1) is 19.3 Å². The molecule has 0 aliphatic rings. The van der Waals surface area contributed by atoms with Crippen molar-refractivity contribution in [1.82, 2.24) is 0 Å². The lowest BCUT2D eigenvalue weighted by molar-refractivity contribution is 0.160. The highest BCUT2D eigenvalue weighted by molar-refractivity contribution is 7.98. The third kappa shape index (κ3) is 6.44. The van der Waals surface area contributed by atoms with Crippen molar-refractivity contribution in [3.8, 4) is 11.1 Å². The fourth-order valence-corrected chi connectivity index (χ4v) is 4.63. The molecule has 0 bridgehead atoms. The van der Waals surface area contributed by atoms with Crippen LogP contribution in [-0.2, 0) is 25.4 Å². The number of aliphatic hydroxyl groups excluding tert-OH is 3. The van der Waals surface area contributed by atoms with Gasteiger partial charge in [-0.1, -0.05) is 55.5 Å². The SMILES string of the molecule is CCC(O)CCc1ccc(-c2cccc(SCc3ccc(CO)c(CO)c3)c2)c(C)c1. The second-order valence-corrected chi connectivity index (χ2v) is 9.03. The Morgan fingerprint density at radius 1 is 0.871 bits per heavy atom. The lowest BCUT2D eigenvalue weighted by Crippen LogP contribution is -2.05. The summed E-state index contributed by atoms with van der Waals surface area (Å²) in [5, 5.41) is 28.7. The van der Waals surface area contributed by atoms with Crippen molar-refractivity contribution in [3.05, 3.63) is 88.5 Å². The van der Waals surface area contributed by atoms with Crippen molar-refractivity contribution in [2.75, 3.05) is 0 Å². The quantitative estimate of drug-likeness (QED) is 0.360. The summed E-state index contributed by atoms with van der Waals surface area (Å²) in [5.41, 5.74) is 7.65. The number of hydrogen-bond donors (Lipinski definition) is 3. The Labute approximate surface area is 189 Å². The molecule has 0 aromatic heterocycles. The zero-order valence-electron chi connectivity index (χ0n) is 18.3. The predicted molar refractivity (Wildman–Crippen MR) is 129 cm³/mol. The minimum atomic E-state index is -0.220. The van der Waals surface area contributed by atoms with Gasteiger partial charge < -0.3 is 15.3 Å². The van der Waals surface area contributed by atoms with Crippen LogP contribution >= 0.6 is 11.8 Å². The van der Waals surface area contributed by atoms with Crippen LogP contribution in [0.25, 0.3) is 11.1 Å². The van der Waals surface area contributed by atoms with Gasteiger partial charge in [-0.3, -0.25) is 0 Å². The van der Waals surface area contributed by atoms with Crippen LogP contribution in [-0.4, -0.2) is 21.4 Å². The van der Waals surface area contributed by atoms with Crippen molar-refractivity contribution in [1.29, 1.82) is 0 Å². The summed E-state index contributed by atoms with van der Waals surface area (Å²) < 4.78 is 0. The van der Waals surface area contributed by atoms with Gasteiger partial charge in [-0.15, -0.1) is 11.8 Å². The molecular weight excluding hydrogens is 404 g/mol. The minimum absolute atomic E-state index is 0.0529. The summed E-state index contributed by atoms with van der Waals surface area (Å²) in [7, 11) is 0. The van der Waals surface area contributed by atoms with Crippen LogP contribution in [0.2, 0.25) is 0 Å². The van der Waals surface area contributed by atoms with E-state index in [1.807, 2.05) is 25.1 Å². The third-order valence-electron chi connectivity index (χ3n) is 5.69. The Morgan fingerprint density at radius 2 is 1.65 bits per heavy atom. The van der Waals surface area contributed by atoms with E-state index in [4.69, 9.17) is 0 Å². The molecule has 0 radical (unpaired) electrons. The molecule has 0 aliphatic carbocycles. The Morgan fingerprint density at radius 3 is 2.35 bits per heavy atom. The van der Waals surface area contributed by atoms with Gasteiger partial charge in [0.2, 0.25) is 0 Å². The molecule has 1 unspecified atom stereocenters. The summed E-state index contributed by atoms with van der Waals surface area (Å²) >= 11 is 1.77. The molecule has 3 aromatic rings. The predicted octanol–water partition coefficient (Wildman–Crippen LogP) is 5.64. The maximum atomic E-state index is 9.81. The van der Waals surface area contributed by atoms with Gasteiger partial charge in [0.15, 0.2) is 0 Å². The largest absolute Gasteiger partial charge is 0.393 e. The Balaban J connectivity index is 1.70. The summed E-state index contributed by atoms with van der Waals surface area (Å²) in [6.07, 6.45) is 2.28. The number of rotatable bonds is 10. The molecule has 3 nitrogen and oxygen atoms in total. The van der Waals surface area contributed by atoms with Crippen LogP contribution < -0.4 is 0 Å². The molecule has 0 fully saturated rings. The maximum Gasteiger partial charge on any atom is 0.0685 e. The average molecular weight is 437 g/mol. The Hall–Kier alpha value is -2.11. The van der Waals surface area contributed by atoms with E-state index in [9.17, 15) is 15.3 Å². The van der Waals surface area contributed by atoms with Crippen LogP contribution in [0, 0.1) is 6.92 Å². The molecule has 3 rings (SSSR count). The standard InChI is InChI=1S/C27H32O3S/c1-3-25(30)11-8-20-9-12-27(19(2)13-20)22-5-4-6-26(15-22)31-18-21-7-10-23(16-28)24(14-21)17-29/h4-7,9-10,12-15,25,28-30H,3,8,11,16-18H2,1-2H3. The highest BCUT2D eigenvalue weighted by Crippen LogP contribution is 2.30. The molecule has 0 aliphatic heterocycles. The first-order chi connectivity index (χ1) is 15.0. The zero-order valence-corrected chi connectivity index (χ0v) is 19.2. The van der Waals surface area contributed by atoms with Crippen molar-refractivity contribution in [2.24, 2.45) is 0 Å². The van der Waals surface area contributed by atoms with Gasteiger partial charge in [0.25, 0.3) is 0 Å². The molecule has 0 spiro atoms. The normalized spacial score (nSPS) is 12.2. The first kappa shape index (κ1) is 23.6. The van der Waals surface area contributed by atoms with Crippen molar-refractivity contribution in [2.45, 2.75) is 63.1 Å². The number of thioether (sulfide) groups is 1. The molecule has 4 heteroatoms. The van der Waals surface area contributed by atoms with Crippen LogP contribution in [0.1, 0.15) is 47.6 Å². The van der Waals surface area contributed by atoms with Crippen LogP contribution in [0.3, 0.4) is 0 Å². The molecular formula is C27H32O3S. The van der Waals surface area contributed by atoms with E-state index in [-0.39, 0.29) is 19.3 Å². The maximum absolute atomic E-state index is 9.81. The van der Waals surface area contributed by atoms with Crippen LogP contribution in [0.4, 0.5) is 0 Å². The van der Waals surface area contributed by atoms with E-state index in [1.165, 1.54) is 27.1 Å². The van der Waals surface area contributed by atoms with E-state index >= 15 is 0 Å². The highest BCUT2D eigenvalue weighted by atomic mass is 32.2. The fraction of sp³-hybridized carbons (Fsp3) is 0.333. The molecule has 0 heterocycles. The third-order valence-corrected chi connectivity index (χ3v) is 6.76. The van der Waals surface area contributed by atoms with Gasteiger partial charge in [-0.05, 0) is 77.3 Å². The molecule has 0 saturated heterocycles. The average Bonchev–Trinajstić information content (AvgIpc) is 2.81. The first-order valence-corrected chi connectivity index (χ1v) is 11.9. The molecule has 31 heavy (non-hydrogen) atoms. The summed E-state index contributed by atoms with van der Waals surface area (Å²) in [5.74, 6) is 0.805.